The number of amides is 2. The molecule has 0 bridgehead atoms. The fourth-order valence-electron chi connectivity index (χ4n) is 2.74. The molecule has 1 heterocycles. The molecule has 7 heteroatoms. The van der Waals surface area contributed by atoms with Crippen LogP contribution >= 0.6 is 11.6 Å². The zero-order valence-corrected chi connectivity index (χ0v) is 15.1. The molecular formula is C19H19ClN2O4. The van der Waals surface area contributed by atoms with E-state index in [0.717, 1.165) is 11.1 Å². The molecule has 2 aromatic rings. The highest BCUT2D eigenvalue weighted by Gasteiger charge is 2.27. The molecule has 0 atom stereocenters. The number of methoxy groups -OCH3 is 1. The van der Waals surface area contributed by atoms with E-state index in [9.17, 15) is 9.59 Å². The number of carbonyl (C=O) groups is 2. The van der Waals surface area contributed by atoms with E-state index in [2.05, 4.69) is 5.32 Å². The van der Waals surface area contributed by atoms with Crippen molar-refractivity contribution in [3.8, 4) is 5.75 Å². The van der Waals surface area contributed by atoms with Crippen LogP contribution in [-0.4, -0.2) is 32.1 Å². The van der Waals surface area contributed by atoms with Crippen LogP contribution in [0.5, 0.6) is 5.75 Å². The number of benzene rings is 2. The summed E-state index contributed by atoms with van der Waals surface area (Å²) in [6, 6.07) is 12.8. The van der Waals surface area contributed by atoms with E-state index in [4.69, 9.17) is 21.1 Å². The van der Waals surface area contributed by atoms with Crippen molar-refractivity contribution in [3.63, 3.8) is 0 Å². The third kappa shape index (κ3) is 4.33. The summed E-state index contributed by atoms with van der Waals surface area (Å²) in [5.41, 5.74) is 2.50. The number of hydrogen-bond acceptors (Lipinski definition) is 4. The van der Waals surface area contributed by atoms with Gasteiger partial charge in [-0.1, -0.05) is 35.9 Å². The molecule has 6 nitrogen and oxygen atoms in total. The normalized spacial score (nSPS) is 13.2. The summed E-state index contributed by atoms with van der Waals surface area (Å²) in [5.74, 6) is -0.00519. The van der Waals surface area contributed by atoms with Gasteiger partial charge in [0, 0.05) is 18.7 Å². The first-order valence-electron chi connectivity index (χ1n) is 8.13. The van der Waals surface area contributed by atoms with Gasteiger partial charge in [0.15, 0.2) is 6.61 Å². The van der Waals surface area contributed by atoms with Crippen LogP contribution in [-0.2, 0) is 27.5 Å². The summed E-state index contributed by atoms with van der Waals surface area (Å²) in [6.45, 7) is 0.702. The van der Waals surface area contributed by atoms with Gasteiger partial charge in [0.25, 0.3) is 5.91 Å². The van der Waals surface area contributed by atoms with Crippen LogP contribution in [0.3, 0.4) is 0 Å². The average Bonchev–Trinajstić information content (AvgIpc) is 2.63. The minimum atomic E-state index is -0.281. The maximum absolute atomic E-state index is 12.3. The van der Waals surface area contributed by atoms with Gasteiger partial charge in [0.1, 0.15) is 12.3 Å². The highest BCUT2D eigenvalue weighted by Crippen LogP contribution is 2.34. The molecule has 1 N–H and O–H groups in total. The van der Waals surface area contributed by atoms with Crippen LogP contribution in [0, 0.1) is 0 Å². The van der Waals surface area contributed by atoms with Crippen LogP contribution in [0.15, 0.2) is 42.5 Å². The SMILES string of the molecule is COCc1cccc(CNC(=O)CN2C(=O)COc3ccc(Cl)cc32)c1. The molecule has 0 radical (unpaired) electrons. The van der Waals surface area contributed by atoms with Gasteiger partial charge in [0.2, 0.25) is 5.91 Å². The molecule has 26 heavy (non-hydrogen) atoms. The number of fused-ring (bicyclic) bond motifs is 1. The van der Waals surface area contributed by atoms with Gasteiger partial charge in [-0.3, -0.25) is 14.5 Å². The van der Waals surface area contributed by atoms with Crippen LogP contribution in [0.1, 0.15) is 11.1 Å². The van der Waals surface area contributed by atoms with Crippen molar-refractivity contribution in [3.05, 3.63) is 58.6 Å². The first-order valence-corrected chi connectivity index (χ1v) is 8.51. The summed E-state index contributed by atoms with van der Waals surface area (Å²) in [7, 11) is 1.64. The Balaban J connectivity index is 1.64. The van der Waals surface area contributed by atoms with Crippen molar-refractivity contribution in [1.82, 2.24) is 5.32 Å². The zero-order chi connectivity index (χ0) is 18.5. The molecule has 0 saturated heterocycles. The first-order chi connectivity index (χ1) is 12.6. The van der Waals surface area contributed by atoms with Crippen LogP contribution in [0.2, 0.25) is 5.02 Å². The molecule has 0 aliphatic carbocycles. The lowest BCUT2D eigenvalue weighted by Crippen LogP contribution is -2.45. The summed E-state index contributed by atoms with van der Waals surface area (Å²) in [6.07, 6.45) is 0. The van der Waals surface area contributed by atoms with Crippen molar-refractivity contribution >= 4 is 29.1 Å². The number of nitrogens with one attached hydrogen (secondary N) is 1. The molecule has 0 saturated carbocycles. The Morgan fingerprint density at radius 3 is 2.88 bits per heavy atom. The maximum atomic E-state index is 12.3. The van der Waals surface area contributed by atoms with Gasteiger partial charge >= 0.3 is 0 Å². The second-order valence-electron chi connectivity index (χ2n) is 5.91. The maximum Gasteiger partial charge on any atom is 0.265 e. The smallest absolute Gasteiger partial charge is 0.265 e. The summed E-state index contributed by atoms with van der Waals surface area (Å²) >= 11 is 6.00. The van der Waals surface area contributed by atoms with E-state index in [-0.39, 0.29) is 25.0 Å². The molecule has 136 valence electrons. The van der Waals surface area contributed by atoms with Crippen molar-refractivity contribution in [2.75, 3.05) is 25.2 Å². The first kappa shape index (κ1) is 18.2. The molecule has 1 aliphatic rings. The van der Waals surface area contributed by atoms with E-state index in [1.807, 2.05) is 24.3 Å². The van der Waals surface area contributed by atoms with Gasteiger partial charge in [-0.25, -0.2) is 0 Å². The molecule has 0 unspecified atom stereocenters. The predicted octanol–water partition coefficient (Wildman–Crippen LogP) is 2.53. The van der Waals surface area contributed by atoms with Crippen LogP contribution < -0.4 is 15.0 Å². The fraction of sp³-hybridized carbons (Fsp3) is 0.263. The predicted molar refractivity (Wildman–Crippen MR) is 98.3 cm³/mol. The van der Waals surface area contributed by atoms with Crippen molar-refractivity contribution in [2.45, 2.75) is 13.2 Å². The third-order valence-corrected chi connectivity index (χ3v) is 4.19. The van der Waals surface area contributed by atoms with E-state index in [0.29, 0.717) is 29.6 Å². The molecule has 2 aromatic carbocycles. The summed E-state index contributed by atoms with van der Waals surface area (Å²) < 4.78 is 10.5. The summed E-state index contributed by atoms with van der Waals surface area (Å²) in [5, 5.41) is 3.31. The van der Waals surface area contributed by atoms with Crippen LogP contribution in [0.25, 0.3) is 0 Å². The quantitative estimate of drug-likeness (QED) is 0.843. The van der Waals surface area contributed by atoms with Gasteiger partial charge in [0.05, 0.1) is 12.3 Å². The monoisotopic (exact) mass is 374 g/mol. The Bertz CT molecular complexity index is 825. The Morgan fingerprint density at radius 2 is 2.08 bits per heavy atom. The Kier molecular flexibility index (Phi) is 5.75. The largest absolute Gasteiger partial charge is 0.482 e. The molecule has 0 spiro atoms. The van der Waals surface area contributed by atoms with Gasteiger partial charge in [-0.2, -0.15) is 0 Å². The fourth-order valence-corrected chi connectivity index (χ4v) is 2.91. The van der Waals surface area contributed by atoms with Crippen molar-refractivity contribution < 1.29 is 19.1 Å². The highest BCUT2D eigenvalue weighted by atomic mass is 35.5. The van der Waals surface area contributed by atoms with Gasteiger partial charge in [-0.15, -0.1) is 0 Å². The van der Waals surface area contributed by atoms with E-state index >= 15 is 0 Å². The molecular weight excluding hydrogens is 356 g/mol. The Hall–Kier alpha value is -2.57. The van der Waals surface area contributed by atoms with Crippen molar-refractivity contribution in [1.29, 1.82) is 0 Å². The van der Waals surface area contributed by atoms with E-state index in [1.54, 1.807) is 25.3 Å². The summed E-state index contributed by atoms with van der Waals surface area (Å²) in [4.78, 5) is 25.9. The average molecular weight is 375 g/mol. The number of carbonyl (C=O) groups excluding carboxylic acids is 2. The lowest BCUT2D eigenvalue weighted by molar-refractivity contribution is -0.125. The number of rotatable bonds is 6. The zero-order valence-electron chi connectivity index (χ0n) is 14.3. The highest BCUT2D eigenvalue weighted by molar-refractivity contribution is 6.31. The number of anilines is 1. The molecule has 0 aromatic heterocycles. The number of nitrogens with zero attached hydrogens (tertiary/aromatic N) is 1. The molecule has 3 rings (SSSR count). The molecule has 0 fully saturated rings. The Labute approximate surface area is 156 Å². The minimum Gasteiger partial charge on any atom is -0.482 e. The topological polar surface area (TPSA) is 67.9 Å². The lowest BCUT2D eigenvalue weighted by atomic mass is 10.1. The second-order valence-corrected chi connectivity index (χ2v) is 6.35. The third-order valence-electron chi connectivity index (χ3n) is 3.96. The van der Waals surface area contributed by atoms with Gasteiger partial charge < -0.3 is 14.8 Å². The van der Waals surface area contributed by atoms with Gasteiger partial charge in [-0.05, 0) is 29.3 Å². The van der Waals surface area contributed by atoms with Crippen LogP contribution in [0.4, 0.5) is 5.69 Å². The standard InChI is InChI=1S/C19H19ClN2O4/c1-25-11-14-4-2-3-13(7-14)9-21-18(23)10-22-16-8-15(20)5-6-17(16)26-12-19(22)24/h2-8H,9-12H2,1H3,(H,21,23). The lowest BCUT2D eigenvalue weighted by Gasteiger charge is -2.29. The number of ether oxygens (including phenoxy) is 2. The van der Waals surface area contributed by atoms with E-state index in [1.165, 1.54) is 4.90 Å². The van der Waals surface area contributed by atoms with Crippen molar-refractivity contribution in [2.24, 2.45) is 0 Å². The number of hydrogen-bond donors (Lipinski definition) is 1. The Morgan fingerprint density at radius 1 is 1.27 bits per heavy atom. The molecule has 1 aliphatic heterocycles. The minimum absolute atomic E-state index is 0.0900. The van der Waals surface area contributed by atoms with E-state index < -0.39 is 0 Å². The second kappa shape index (κ2) is 8.21. The number of halogens is 1. The molecule has 2 amide bonds.